The Balaban J connectivity index is 2.15. The van der Waals surface area contributed by atoms with E-state index in [2.05, 4.69) is 17.1 Å². The summed E-state index contributed by atoms with van der Waals surface area (Å²) in [7, 11) is 0. The molecule has 70 valence electrons. The molecule has 1 aliphatic rings. The minimum atomic E-state index is 0.321. The van der Waals surface area contributed by atoms with Gasteiger partial charge in [0.05, 0.1) is 0 Å². The lowest BCUT2D eigenvalue weighted by Gasteiger charge is -2.28. The van der Waals surface area contributed by atoms with Crippen LogP contribution in [0.4, 0.5) is 0 Å². The van der Waals surface area contributed by atoms with E-state index in [1.165, 1.54) is 17.7 Å². The lowest BCUT2D eigenvalue weighted by atomic mass is 9.91. The molecule has 0 bridgehead atoms. The Morgan fingerprint density at radius 2 is 2.15 bits per heavy atom. The predicted octanol–water partition coefficient (Wildman–Crippen LogP) is 1.63. The maximum atomic E-state index is 6.07. The van der Waals surface area contributed by atoms with Crippen molar-refractivity contribution in [2.75, 3.05) is 11.5 Å². The summed E-state index contributed by atoms with van der Waals surface area (Å²) in [4.78, 5) is 4.02. The first kappa shape index (κ1) is 9.03. The number of nitrogens with two attached hydrogens (primary N) is 1. The molecule has 2 atom stereocenters. The van der Waals surface area contributed by atoms with Crippen LogP contribution < -0.4 is 5.73 Å². The van der Waals surface area contributed by atoms with E-state index in [1.54, 1.807) is 0 Å². The third-order valence-electron chi connectivity index (χ3n) is 2.53. The van der Waals surface area contributed by atoms with Gasteiger partial charge >= 0.3 is 0 Å². The van der Waals surface area contributed by atoms with Gasteiger partial charge in [-0.1, -0.05) is 0 Å². The van der Waals surface area contributed by atoms with E-state index in [-0.39, 0.29) is 0 Å². The molecule has 2 unspecified atom stereocenters. The number of hydrogen-bond donors (Lipinski definition) is 1. The van der Waals surface area contributed by atoms with E-state index in [9.17, 15) is 0 Å². The van der Waals surface area contributed by atoms with E-state index < -0.39 is 0 Å². The minimum Gasteiger partial charge on any atom is -0.326 e. The van der Waals surface area contributed by atoms with E-state index in [1.807, 2.05) is 24.2 Å². The molecule has 1 fully saturated rings. The first-order valence-corrected chi connectivity index (χ1v) is 5.76. The molecule has 1 aromatic heterocycles. The van der Waals surface area contributed by atoms with E-state index in [0.29, 0.717) is 12.0 Å². The Kier molecular flexibility index (Phi) is 2.86. The number of rotatable bonds is 1. The Morgan fingerprint density at radius 3 is 2.85 bits per heavy atom. The van der Waals surface area contributed by atoms with E-state index in [0.717, 1.165) is 5.75 Å². The minimum absolute atomic E-state index is 0.321. The second kappa shape index (κ2) is 4.11. The van der Waals surface area contributed by atoms with Crippen molar-refractivity contribution < 1.29 is 0 Å². The molecular weight excluding hydrogens is 180 g/mol. The van der Waals surface area contributed by atoms with Crippen LogP contribution in [0, 0.1) is 0 Å². The zero-order chi connectivity index (χ0) is 9.10. The van der Waals surface area contributed by atoms with Crippen molar-refractivity contribution in [1.29, 1.82) is 0 Å². The molecule has 1 saturated heterocycles. The van der Waals surface area contributed by atoms with Crippen LogP contribution in [0.1, 0.15) is 17.9 Å². The summed E-state index contributed by atoms with van der Waals surface area (Å²) < 4.78 is 0. The topological polar surface area (TPSA) is 38.9 Å². The monoisotopic (exact) mass is 194 g/mol. The SMILES string of the molecule is NC1CSCCC1c1ccncc1. The number of nitrogens with zero attached hydrogens (tertiary/aromatic N) is 1. The maximum absolute atomic E-state index is 6.07. The van der Waals surface area contributed by atoms with Gasteiger partial charge in [0.2, 0.25) is 0 Å². The van der Waals surface area contributed by atoms with E-state index in [4.69, 9.17) is 5.73 Å². The Hall–Kier alpha value is -0.540. The van der Waals surface area contributed by atoms with Crippen molar-refractivity contribution in [2.24, 2.45) is 5.73 Å². The average molecular weight is 194 g/mol. The van der Waals surface area contributed by atoms with Crippen LogP contribution in [0.15, 0.2) is 24.5 Å². The fourth-order valence-corrected chi connectivity index (χ4v) is 2.88. The number of aromatic nitrogens is 1. The van der Waals surface area contributed by atoms with E-state index >= 15 is 0 Å². The van der Waals surface area contributed by atoms with Crippen molar-refractivity contribution in [3.63, 3.8) is 0 Å². The molecule has 0 radical (unpaired) electrons. The Morgan fingerprint density at radius 1 is 1.38 bits per heavy atom. The highest BCUT2D eigenvalue weighted by Gasteiger charge is 2.23. The van der Waals surface area contributed by atoms with Crippen LogP contribution in [-0.2, 0) is 0 Å². The second-order valence-electron chi connectivity index (χ2n) is 3.41. The summed E-state index contributed by atoms with van der Waals surface area (Å²) in [5, 5.41) is 0. The maximum Gasteiger partial charge on any atom is 0.0270 e. The molecule has 0 aliphatic carbocycles. The summed E-state index contributed by atoms with van der Waals surface area (Å²) in [5.41, 5.74) is 7.42. The highest BCUT2D eigenvalue weighted by atomic mass is 32.2. The van der Waals surface area contributed by atoms with Gasteiger partial charge in [0.15, 0.2) is 0 Å². The van der Waals surface area contributed by atoms with Gasteiger partial charge in [-0.15, -0.1) is 0 Å². The normalized spacial score (nSPS) is 28.7. The van der Waals surface area contributed by atoms with Gasteiger partial charge in [-0.3, -0.25) is 4.98 Å². The van der Waals surface area contributed by atoms with Gasteiger partial charge < -0.3 is 5.73 Å². The molecule has 0 saturated carbocycles. The van der Waals surface area contributed by atoms with Crippen LogP contribution >= 0.6 is 11.8 Å². The Bertz CT molecular complexity index is 263. The molecule has 0 amide bonds. The smallest absolute Gasteiger partial charge is 0.0270 e. The molecule has 2 heterocycles. The molecule has 2 nitrogen and oxygen atoms in total. The summed E-state index contributed by atoms with van der Waals surface area (Å²) in [5.74, 6) is 2.87. The summed E-state index contributed by atoms with van der Waals surface area (Å²) in [6.07, 6.45) is 4.91. The lowest BCUT2D eigenvalue weighted by Crippen LogP contribution is -2.34. The summed E-state index contributed by atoms with van der Waals surface area (Å²) >= 11 is 1.96. The largest absolute Gasteiger partial charge is 0.326 e. The van der Waals surface area contributed by atoms with Crippen LogP contribution in [0.25, 0.3) is 0 Å². The molecule has 0 aromatic carbocycles. The molecule has 1 aromatic rings. The molecular formula is C10H14N2S. The quantitative estimate of drug-likeness (QED) is 0.738. The fourth-order valence-electron chi connectivity index (χ4n) is 1.78. The highest BCUT2D eigenvalue weighted by molar-refractivity contribution is 7.99. The lowest BCUT2D eigenvalue weighted by molar-refractivity contribution is 0.549. The zero-order valence-corrected chi connectivity index (χ0v) is 8.33. The van der Waals surface area contributed by atoms with Gasteiger partial charge in [0.25, 0.3) is 0 Å². The molecule has 13 heavy (non-hydrogen) atoms. The van der Waals surface area contributed by atoms with Crippen LogP contribution in [0.2, 0.25) is 0 Å². The molecule has 2 N–H and O–H groups in total. The van der Waals surface area contributed by atoms with Crippen molar-refractivity contribution in [3.05, 3.63) is 30.1 Å². The van der Waals surface area contributed by atoms with Gasteiger partial charge in [0.1, 0.15) is 0 Å². The Labute approximate surface area is 82.9 Å². The predicted molar refractivity (Wildman–Crippen MR) is 56.9 cm³/mol. The van der Waals surface area contributed by atoms with Gasteiger partial charge in [-0.2, -0.15) is 11.8 Å². The highest BCUT2D eigenvalue weighted by Crippen LogP contribution is 2.30. The van der Waals surface area contributed by atoms with Gasteiger partial charge in [0, 0.05) is 30.1 Å². The molecule has 0 spiro atoms. The molecule has 2 rings (SSSR count). The fraction of sp³-hybridized carbons (Fsp3) is 0.500. The first-order chi connectivity index (χ1) is 6.38. The standard InChI is InChI=1S/C10H14N2S/c11-10-7-13-6-3-9(10)8-1-4-12-5-2-8/h1-2,4-5,9-10H,3,6-7,11H2. The van der Waals surface area contributed by atoms with Gasteiger partial charge in [-0.25, -0.2) is 0 Å². The molecule has 1 aliphatic heterocycles. The zero-order valence-electron chi connectivity index (χ0n) is 7.52. The second-order valence-corrected chi connectivity index (χ2v) is 4.56. The number of pyridine rings is 1. The molecule has 3 heteroatoms. The van der Waals surface area contributed by atoms with Crippen LogP contribution in [0.3, 0.4) is 0 Å². The third-order valence-corrected chi connectivity index (χ3v) is 3.68. The summed E-state index contributed by atoms with van der Waals surface area (Å²) in [6, 6.07) is 4.49. The number of hydrogen-bond acceptors (Lipinski definition) is 3. The van der Waals surface area contributed by atoms with Crippen molar-refractivity contribution >= 4 is 11.8 Å². The van der Waals surface area contributed by atoms with Crippen molar-refractivity contribution in [2.45, 2.75) is 18.4 Å². The van der Waals surface area contributed by atoms with Gasteiger partial charge in [-0.05, 0) is 29.9 Å². The van der Waals surface area contributed by atoms with Crippen LogP contribution in [0.5, 0.6) is 0 Å². The summed E-state index contributed by atoms with van der Waals surface area (Å²) in [6.45, 7) is 0. The van der Waals surface area contributed by atoms with Crippen LogP contribution in [-0.4, -0.2) is 22.5 Å². The van der Waals surface area contributed by atoms with Crippen molar-refractivity contribution in [3.8, 4) is 0 Å². The first-order valence-electron chi connectivity index (χ1n) is 4.61. The van der Waals surface area contributed by atoms with Crippen molar-refractivity contribution in [1.82, 2.24) is 4.98 Å². The average Bonchev–Trinajstić information content (AvgIpc) is 2.20. The number of thioether (sulfide) groups is 1. The third kappa shape index (κ3) is 2.03.